The molecule has 0 saturated carbocycles. The van der Waals surface area contributed by atoms with E-state index in [1.165, 1.54) is 5.01 Å². The molecule has 0 bridgehead atoms. The number of rotatable bonds is 3. The molecule has 0 N–H and O–H groups in total. The van der Waals surface area contributed by atoms with Gasteiger partial charge in [0.2, 0.25) is 5.91 Å². The number of aromatic nitrogens is 1. The number of thiazole rings is 1. The third kappa shape index (κ3) is 3.36. The molecule has 1 atom stereocenters. The Morgan fingerprint density at radius 2 is 2.12 bits per heavy atom. The van der Waals surface area contributed by atoms with E-state index in [0.717, 1.165) is 36.5 Å². The minimum atomic E-state index is -0.0364. The first-order valence-corrected chi connectivity index (χ1v) is 9.48. The van der Waals surface area contributed by atoms with Crippen LogP contribution < -0.4 is 0 Å². The van der Waals surface area contributed by atoms with Crippen LogP contribution in [0, 0.1) is 6.92 Å². The smallest absolute Gasteiger partial charge is 0.270 e. The van der Waals surface area contributed by atoms with E-state index < -0.39 is 0 Å². The number of hydrogen-bond acceptors (Lipinski definition) is 5. The lowest BCUT2D eigenvalue weighted by Crippen LogP contribution is -2.46. The lowest BCUT2D eigenvalue weighted by molar-refractivity contribution is -0.134. The summed E-state index contributed by atoms with van der Waals surface area (Å²) in [5.41, 5.74) is 1.50. The normalized spacial score (nSPS) is 22.1. The maximum absolute atomic E-state index is 13.1. The van der Waals surface area contributed by atoms with Gasteiger partial charge in [-0.1, -0.05) is 0 Å². The minimum Gasteiger partial charge on any atom is -0.328 e. The second kappa shape index (κ2) is 7.01. The third-order valence-corrected chi connectivity index (χ3v) is 5.54. The molecule has 0 aromatic carbocycles. The monoisotopic (exact) mass is 348 g/mol. The van der Waals surface area contributed by atoms with Crippen LogP contribution in [-0.4, -0.2) is 45.0 Å². The number of hydrogen-bond donors (Lipinski definition) is 0. The molecule has 0 unspecified atom stereocenters. The lowest BCUT2D eigenvalue weighted by Gasteiger charge is -2.36. The zero-order valence-electron chi connectivity index (χ0n) is 14.5. The van der Waals surface area contributed by atoms with Gasteiger partial charge in [-0.3, -0.25) is 9.59 Å². The second-order valence-corrected chi connectivity index (χ2v) is 7.61. The van der Waals surface area contributed by atoms with Crippen LogP contribution in [0.15, 0.2) is 10.5 Å². The molecule has 130 valence electrons. The zero-order valence-corrected chi connectivity index (χ0v) is 15.3. The van der Waals surface area contributed by atoms with Crippen molar-refractivity contribution in [2.75, 3.05) is 6.54 Å². The van der Waals surface area contributed by atoms with Crippen LogP contribution in [-0.2, 0) is 9.59 Å². The molecule has 2 aliphatic heterocycles. The Morgan fingerprint density at radius 1 is 1.33 bits per heavy atom. The van der Waals surface area contributed by atoms with Crippen molar-refractivity contribution in [2.45, 2.75) is 65.0 Å². The standard InChI is InChI=1S/C17H24N4O2S/c1-11(2)21-15(22)8-7-13(19-21)17(23)20-9-5-4-6-14(20)16-18-12(3)10-24-16/h10-11,14H,4-9H2,1-3H3/t14-/m0/s1. The number of likely N-dealkylation sites (tertiary alicyclic amines) is 1. The summed E-state index contributed by atoms with van der Waals surface area (Å²) in [6, 6.07) is 0.0112. The van der Waals surface area contributed by atoms with Gasteiger partial charge in [0.15, 0.2) is 0 Å². The first-order chi connectivity index (χ1) is 11.5. The predicted octanol–water partition coefficient (Wildman–Crippen LogP) is 2.89. The fourth-order valence-corrected chi connectivity index (χ4v) is 4.19. The van der Waals surface area contributed by atoms with Crippen LogP contribution in [0.2, 0.25) is 0 Å². The van der Waals surface area contributed by atoms with Gasteiger partial charge in [-0.05, 0) is 40.0 Å². The molecule has 3 rings (SSSR count). The second-order valence-electron chi connectivity index (χ2n) is 6.72. The molecular weight excluding hydrogens is 324 g/mol. The summed E-state index contributed by atoms with van der Waals surface area (Å²) >= 11 is 1.62. The Labute approximate surface area is 146 Å². The maximum Gasteiger partial charge on any atom is 0.270 e. The summed E-state index contributed by atoms with van der Waals surface area (Å²) in [7, 11) is 0. The van der Waals surface area contributed by atoms with E-state index in [1.807, 2.05) is 31.1 Å². The quantitative estimate of drug-likeness (QED) is 0.843. The molecule has 2 aliphatic rings. The highest BCUT2D eigenvalue weighted by Crippen LogP contribution is 2.33. The molecule has 24 heavy (non-hydrogen) atoms. The number of piperidine rings is 1. The SMILES string of the molecule is Cc1csc([C@@H]2CCCCN2C(=O)C2=NN(C(C)C)C(=O)CC2)n1. The number of nitrogens with zero attached hydrogens (tertiary/aromatic N) is 4. The molecule has 1 aromatic rings. The topological polar surface area (TPSA) is 65.9 Å². The van der Waals surface area contributed by atoms with E-state index in [2.05, 4.69) is 10.1 Å². The maximum atomic E-state index is 13.1. The van der Waals surface area contributed by atoms with Crippen LogP contribution in [0.3, 0.4) is 0 Å². The van der Waals surface area contributed by atoms with Gasteiger partial charge in [-0.2, -0.15) is 5.10 Å². The lowest BCUT2D eigenvalue weighted by atomic mass is 10.0. The Hall–Kier alpha value is -1.76. The van der Waals surface area contributed by atoms with Crippen molar-refractivity contribution < 1.29 is 9.59 Å². The van der Waals surface area contributed by atoms with Crippen molar-refractivity contribution >= 4 is 28.9 Å². The van der Waals surface area contributed by atoms with Crippen molar-refractivity contribution in [3.8, 4) is 0 Å². The van der Waals surface area contributed by atoms with Gasteiger partial charge in [0.1, 0.15) is 10.7 Å². The number of carbonyl (C=O) groups excluding carboxylic acids is 2. The molecule has 3 heterocycles. The van der Waals surface area contributed by atoms with Crippen molar-refractivity contribution in [3.63, 3.8) is 0 Å². The van der Waals surface area contributed by atoms with Crippen molar-refractivity contribution in [1.82, 2.24) is 14.9 Å². The van der Waals surface area contributed by atoms with Gasteiger partial charge in [-0.25, -0.2) is 9.99 Å². The predicted molar refractivity (Wildman–Crippen MR) is 93.8 cm³/mol. The molecule has 7 heteroatoms. The molecule has 0 spiro atoms. The number of amides is 2. The number of hydrazone groups is 1. The number of carbonyl (C=O) groups is 2. The van der Waals surface area contributed by atoms with Crippen LogP contribution in [0.25, 0.3) is 0 Å². The fraction of sp³-hybridized carbons (Fsp3) is 0.647. The van der Waals surface area contributed by atoms with Gasteiger partial charge >= 0.3 is 0 Å². The average Bonchev–Trinajstić information content (AvgIpc) is 3.01. The molecule has 1 saturated heterocycles. The Kier molecular flexibility index (Phi) is 4.99. The molecule has 2 amide bonds. The summed E-state index contributed by atoms with van der Waals surface area (Å²) in [5.74, 6) is -0.0435. The fourth-order valence-electron chi connectivity index (χ4n) is 3.25. The highest BCUT2D eigenvalue weighted by Gasteiger charge is 2.34. The van der Waals surface area contributed by atoms with Crippen LogP contribution in [0.5, 0.6) is 0 Å². The van der Waals surface area contributed by atoms with E-state index in [-0.39, 0.29) is 23.9 Å². The summed E-state index contributed by atoms with van der Waals surface area (Å²) in [4.78, 5) is 31.5. The first kappa shape index (κ1) is 17.1. The summed E-state index contributed by atoms with van der Waals surface area (Å²) in [6.45, 7) is 6.54. The highest BCUT2D eigenvalue weighted by molar-refractivity contribution is 7.09. The van der Waals surface area contributed by atoms with E-state index in [1.54, 1.807) is 11.3 Å². The zero-order chi connectivity index (χ0) is 17.3. The van der Waals surface area contributed by atoms with Gasteiger partial charge in [-0.15, -0.1) is 11.3 Å². The van der Waals surface area contributed by atoms with E-state index in [0.29, 0.717) is 18.6 Å². The largest absolute Gasteiger partial charge is 0.328 e. The third-order valence-electron chi connectivity index (χ3n) is 4.48. The van der Waals surface area contributed by atoms with Crippen molar-refractivity contribution in [1.29, 1.82) is 0 Å². The Bertz CT molecular complexity index is 667. The molecule has 1 aromatic heterocycles. The average molecular weight is 348 g/mol. The van der Waals surface area contributed by atoms with Gasteiger partial charge in [0, 0.05) is 36.5 Å². The van der Waals surface area contributed by atoms with E-state index >= 15 is 0 Å². The van der Waals surface area contributed by atoms with Crippen molar-refractivity contribution in [3.05, 3.63) is 16.1 Å². The minimum absolute atomic E-state index is 0.00714. The van der Waals surface area contributed by atoms with Crippen LogP contribution in [0.4, 0.5) is 0 Å². The Balaban J connectivity index is 1.84. The van der Waals surface area contributed by atoms with Gasteiger partial charge in [0.05, 0.1) is 6.04 Å². The summed E-state index contributed by atoms with van der Waals surface area (Å²) in [6.07, 6.45) is 3.85. The molecule has 0 radical (unpaired) electrons. The van der Waals surface area contributed by atoms with Gasteiger partial charge < -0.3 is 4.90 Å². The molecule has 0 aliphatic carbocycles. The van der Waals surface area contributed by atoms with E-state index in [4.69, 9.17) is 0 Å². The van der Waals surface area contributed by atoms with Gasteiger partial charge in [0.25, 0.3) is 5.91 Å². The van der Waals surface area contributed by atoms with Crippen LogP contribution >= 0.6 is 11.3 Å². The molecule has 1 fully saturated rings. The first-order valence-electron chi connectivity index (χ1n) is 8.60. The highest BCUT2D eigenvalue weighted by atomic mass is 32.1. The van der Waals surface area contributed by atoms with E-state index in [9.17, 15) is 9.59 Å². The summed E-state index contributed by atoms with van der Waals surface area (Å²) < 4.78 is 0. The molecular formula is C17H24N4O2S. The Morgan fingerprint density at radius 3 is 2.79 bits per heavy atom. The summed E-state index contributed by atoms with van der Waals surface area (Å²) in [5, 5.41) is 8.85. The molecule has 6 nitrogen and oxygen atoms in total. The van der Waals surface area contributed by atoms with Crippen LogP contribution in [0.1, 0.15) is 62.7 Å². The van der Waals surface area contributed by atoms with Crippen molar-refractivity contribution in [2.24, 2.45) is 5.10 Å². The number of aryl methyl sites for hydroxylation is 1.